The summed E-state index contributed by atoms with van der Waals surface area (Å²) < 4.78 is 5.49. The van der Waals surface area contributed by atoms with Crippen LogP contribution in [0.3, 0.4) is 0 Å². The molecule has 1 aliphatic rings. The smallest absolute Gasteiger partial charge is 0.234 e. The van der Waals surface area contributed by atoms with Crippen LogP contribution in [0.15, 0.2) is 0 Å². The second-order valence-corrected chi connectivity index (χ2v) is 4.08. The predicted molar refractivity (Wildman–Crippen MR) is 63.2 cm³/mol. The van der Waals surface area contributed by atoms with Gasteiger partial charge in [0, 0.05) is 32.8 Å². The van der Waals surface area contributed by atoms with Crippen molar-refractivity contribution in [3.05, 3.63) is 0 Å². The minimum Gasteiger partial charge on any atom is -0.377 e. The minimum atomic E-state index is 0.122. The maximum Gasteiger partial charge on any atom is 0.234 e. The number of amides is 1. The Bertz CT molecular complexity index is 211. The molecule has 1 atom stereocenters. The van der Waals surface area contributed by atoms with Crippen molar-refractivity contribution in [2.45, 2.75) is 25.9 Å². The third-order valence-electron chi connectivity index (χ3n) is 2.77. The van der Waals surface area contributed by atoms with E-state index in [9.17, 15) is 4.79 Å². The number of hydrogen-bond donors (Lipinski definition) is 2. The lowest BCUT2D eigenvalue weighted by atomic mass is 10.2. The monoisotopic (exact) mass is 229 g/mol. The molecule has 1 heterocycles. The normalized spacial score (nSPS) is 20.2. The second-order valence-electron chi connectivity index (χ2n) is 4.08. The molecule has 1 amide bonds. The lowest BCUT2D eigenvalue weighted by Gasteiger charge is -2.21. The van der Waals surface area contributed by atoms with E-state index in [2.05, 4.69) is 10.2 Å². The van der Waals surface area contributed by atoms with Crippen molar-refractivity contribution < 1.29 is 9.53 Å². The molecule has 0 aromatic carbocycles. The van der Waals surface area contributed by atoms with Gasteiger partial charge in [0.15, 0.2) is 0 Å². The summed E-state index contributed by atoms with van der Waals surface area (Å²) in [6.45, 7) is 6.38. The molecule has 0 aromatic rings. The van der Waals surface area contributed by atoms with E-state index in [-0.39, 0.29) is 12.0 Å². The van der Waals surface area contributed by atoms with Gasteiger partial charge in [0.05, 0.1) is 12.6 Å². The van der Waals surface area contributed by atoms with E-state index in [1.165, 1.54) is 0 Å². The third kappa shape index (κ3) is 4.92. The molecule has 16 heavy (non-hydrogen) atoms. The van der Waals surface area contributed by atoms with Gasteiger partial charge in [-0.05, 0) is 19.8 Å². The highest BCUT2D eigenvalue weighted by atomic mass is 16.5. The maximum atomic E-state index is 11.3. The van der Waals surface area contributed by atoms with Crippen LogP contribution in [0.2, 0.25) is 0 Å². The number of nitrogens with two attached hydrogens (primary N) is 1. The molecule has 0 aliphatic carbocycles. The standard InChI is InChI=1S/C11H23N3O2/c1-2-16-10(8-12)4-7-14-6-3-5-13-11(15)9-14/h10H,2-9,12H2,1H3,(H,13,15). The summed E-state index contributed by atoms with van der Waals surface area (Å²) in [5, 5.41) is 2.86. The van der Waals surface area contributed by atoms with Gasteiger partial charge in [-0.3, -0.25) is 9.69 Å². The van der Waals surface area contributed by atoms with Crippen LogP contribution >= 0.6 is 0 Å². The summed E-state index contributed by atoms with van der Waals surface area (Å²) in [5.41, 5.74) is 5.61. The first kappa shape index (κ1) is 13.4. The lowest BCUT2D eigenvalue weighted by Crippen LogP contribution is -2.36. The van der Waals surface area contributed by atoms with Gasteiger partial charge in [-0.15, -0.1) is 0 Å². The Morgan fingerprint density at radius 3 is 3.12 bits per heavy atom. The summed E-state index contributed by atoms with van der Waals surface area (Å²) in [5.74, 6) is 0.123. The van der Waals surface area contributed by atoms with Crippen molar-refractivity contribution in [2.75, 3.05) is 39.3 Å². The highest BCUT2D eigenvalue weighted by Crippen LogP contribution is 2.02. The molecule has 0 spiro atoms. The fraction of sp³-hybridized carbons (Fsp3) is 0.909. The van der Waals surface area contributed by atoms with Gasteiger partial charge in [-0.1, -0.05) is 0 Å². The molecule has 1 fully saturated rings. The predicted octanol–water partition coefficient (Wildman–Crippen LogP) is -0.438. The number of ether oxygens (including phenoxy) is 1. The van der Waals surface area contributed by atoms with Crippen molar-refractivity contribution in [1.82, 2.24) is 10.2 Å². The van der Waals surface area contributed by atoms with Crippen molar-refractivity contribution in [3.8, 4) is 0 Å². The van der Waals surface area contributed by atoms with Crippen LogP contribution in [0, 0.1) is 0 Å². The summed E-state index contributed by atoms with van der Waals surface area (Å²) in [4.78, 5) is 13.5. The highest BCUT2D eigenvalue weighted by molar-refractivity contribution is 5.78. The lowest BCUT2D eigenvalue weighted by molar-refractivity contribution is -0.121. The van der Waals surface area contributed by atoms with Crippen LogP contribution in [0.5, 0.6) is 0 Å². The van der Waals surface area contributed by atoms with Crippen molar-refractivity contribution in [3.63, 3.8) is 0 Å². The Kier molecular flexibility index (Phi) is 6.37. The molecule has 1 unspecified atom stereocenters. The quantitative estimate of drug-likeness (QED) is 0.648. The Morgan fingerprint density at radius 1 is 1.62 bits per heavy atom. The molecule has 0 aromatic heterocycles. The summed E-state index contributed by atoms with van der Waals surface area (Å²) >= 11 is 0. The van der Waals surface area contributed by atoms with Crippen molar-refractivity contribution in [2.24, 2.45) is 5.73 Å². The molecule has 5 heteroatoms. The zero-order valence-corrected chi connectivity index (χ0v) is 10.1. The average molecular weight is 229 g/mol. The second kappa shape index (κ2) is 7.60. The number of nitrogens with one attached hydrogen (secondary N) is 1. The summed E-state index contributed by atoms with van der Waals surface area (Å²) in [6, 6.07) is 0. The van der Waals surface area contributed by atoms with E-state index in [1.54, 1.807) is 0 Å². The first-order valence-corrected chi connectivity index (χ1v) is 6.07. The minimum absolute atomic E-state index is 0.122. The first-order valence-electron chi connectivity index (χ1n) is 6.07. The fourth-order valence-corrected chi connectivity index (χ4v) is 1.89. The van der Waals surface area contributed by atoms with Crippen LogP contribution in [0.4, 0.5) is 0 Å². The van der Waals surface area contributed by atoms with E-state index in [0.717, 1.165) is 32.5 Å². The largest absolute Gasteiger partial charge is 0.377 e. The third-order valence-corrected chi connectivity index (χ3v) is 2.77. The molecule has 1 saturated heterocycles. The number of carbonyl (C=O) groups excluding carboxylic acids is 1. The Labute approximate surface area is 97.3 Å². The van der Waals surface area contributed by atoms with E-state index in [0.29, 0.717) is 19.7 Å². The SMILES string of the molecule is CCOC(CN)CCN1CCCNC(=O)C1. The Balaban J connectivity index is 2.26. The molecule has 5 nitrogen and oxygen atoms in total. The molecule has 94 valence electrons. The molecule has 3 N–H and O–H groups in total. The number of carbonyl (C=O) groups is 1. The van der Waals surface area contributed by atoms with Crippen LogP contribution in [0.25, 0.3) is 0 Å². The molecular weight excluding hydrogens is 206 g/mol. The molecule has 1 aliphatic heterocycles. The molecule has 0 radical (unpaired) electrons. The average Bonchev–Trinajstić information content (AvgIpc) is 2.49. The van der Waals surface area contributed by atoms with Crippen LogP contribution < -0.4 is 11.1 Å². The van der Waals surface area contributed by atoms with Gasteiger partial charge in [0.2, 0.25) is 5.91 Å². The summed E-state index contributed by atoms with van der Waals surface area (Å²) in [7, 11) is 0. The van der Waals surface area contributed by atoms with E-state index in [4.69, 9.17) is 10.5 Å². The van der Waals surface area contributed by atoms with Crippen molar-refractivity contribution >= 4 is 5.91 Å². The Hall–Kier alpha value is -0.650. The van der Waals surface area contributed by atoms with E-state index >= 15 is 0 Å². The summed E-state index contributed by atoms with van der Waals surface area (Å²) in [6.07, 6.45) is 2.04. The number of nitrogens with zero attached hydrogens (tertiary/aromatic N) is 1. The molecule has 0 bridgehead atoms. The van der Waals surface area contributed by atoms with Gasteiger partial charge in [-0.2, -0.15) is 0 Å². The first-order chi connectivity index (χ1) is 7.76. The van der Waals surface area contributed by atoms with Gasteiger partial charge in [0.25, 0.3) is 0 Å². The van der Waals surface area contributed by atoms with E-state index in [1.807, 2.05) is 6.92 Å². The highest BCUT2D eigenvalue weighted by Gasteiger charge is 2.15. The van der Waals surface area contributed by atoms with Crippen molar-refractivity contribution in [1.29, 1.82) is 0 Å². The van der Waals surface area contributed by atoms with Crippen LogP contribution in [0.1, 0.15) is 19.8 Å². The zero-order valence-electron chi connectivity index (χ0n) is 10.1. The van der Waals surface area contributed by atoms with Crippen LogP contribution in [-0.2, 0) is 9.53 Å². The van der Waals surface area contributed by atoms with Gasteiger partial charge in [-0.25, -0.2) is 0 Å². The van der Waals surface area contributed by atoms with Gasteiger partial charge in [0.1, 0.15) is 0 Å². The fourth-order valence-electron chi connectivity index (χ4n) is 1.89. The van der Waals surface area contributed by atoms with Gasteiger partial charge >= 0.3 is 0 Å². The Morgan fingerprint density at radius 2 is 2.44 bits per heavy atom. The zero-order chi connectivity index (χ0) is 11.8. The molecular formula is C11H23N3O2. The number of hydrogen-bond acceptors (Lipinski definition) is 4. The molecule has 0 saturated carbocycles. The maximum absolute atomic E-state index is 11.3. The van der Waals surface area contributed by atoms with E-state index < -0.39 is 0 Å². The van der Waals surface area contributed by atoms with Gasteiger partial charge < -0.3 is 15.8 Å². The number of rotatable bonds is 6. The topological polar surface area (TPSA) is 67.6 Å². The molecule has 1 rings (SSSR count). The van der Waals surface area contributed by atoms with Crippen LogP contribution in [-0.4, -0.2) is 56.2 Å².